The number of carbonyl (C=O) groups is 2. The Balaban J connectivity index is 1.80. The maximum absolute atomic E-state index is 12.2. The van der Waals surface area contributed by atoms with E-state index in [0.717, 1.165) is 5.69 Å². The van der Waals surface area contributed by atoms with Gasteiger partial charge in [-0.1, -0.05) is 24.3 Å². The number of hydrogen-bond donors (Lipinski definition) is 3. The van der Waals surface area contributed by atoms with Crippen molar-refractivity contribution in [1.29, 1.82) is 0 Å². The first-order chi connectivity index (χ1) is 12.3. The number of rotatable bonds is 6. The standard InChI is InChI=1S/C19H24N4O3/c1-19(2,3)26-18(25)21-13-12-20-17(24)15-10-7-11-16(23-15)22-14-8-5-4-6-9-14/h4-11H,12-13H2,1-3H3,(H,20,24)(H,21,25)(H,22,23). The van der Waals surface area contributed by atoms with Crippen molar-refractivity contribution in [3.8, 4) is 0 Å². The molecule has 7 heteroatoms. The Kier molecular flexibility index (Phi) is 6.54. The Morgan fingerprint density at radius 2 is 1.65 bits per heavy atom. The highest BCUT2D eigenvalue weighted by atomic mass is 16.6. The molecular weight excluding hydrogens is 332 g/mol. The van der Waals surface area contributed by atoms with Crippen LogP contribution < -0.4 is 16.0 Å². The number of para-hydroxylation sites is 1. The zero-order valence-corrected chi connectivity index (χ0v) is 15.2. The van der Waals surface area contributed by atoms with Crippen molar-refractivity contribution < 1.29 is 14.3 Å². The fourth-order valence-corrected chi connectivity index (χ4v) is 2.05. The van der Waals surface area contributed by atoms with Crippen molar-refractivity contribution in [2.45, 2.75) is 26.4 Å². The topological polar surface area (TPSA) is 92.4 Å². The quantitative estimate of drug-likeness (QED) is 0.692. The van der Waals surface area contributed by atoms with Gasteiger partial charge in [-0.25, -0.2) is 9.78 Å². The molecule has 2 amide bonds. The molecule has 3 N–H and O–H groups in total. The third kappa shape index (κ3) is 6.80. The lowest BCUT2D eigenvalue weighted by Crippen LogP contribution is -2.38. The summed E-state index contributed by atoms with van der Waals surface area (Å²) in [5.74, 6) is 0.267. The average molecular weight is 356 g/mol. The van der Waals surface area contributed by atoms with Gasteiger partial charge in [0.2, 0.25) is 0 Å². The van der Waals surface area contributed by atoms with Gasteiger partial charge in [0.1, 0.15) is 17.1 Å². The van der Waals surface area contributed by atoms with Gasteiger partial charge in [-0.3, -0.25) is 4.79 Å². The maximum atomic E-state index is 12.2. The van der Waals surface area contributed by atoms with Crippen LogP contribution in [0.3, 0.4) is 0 Å². The summed E-state index contributed by atoms with van der Waals surface area (Å²) in [6.45, 7) is 5.90. The van der Waals surface area contributed by atoms with E-state index in [9.17, 15) is 9.59 Å². The number of anilines is 2. The van der Waals surface area contributed by atoms with Gasteiger partial charge in [0.05, 0.1) is 0 Å². The third-order valence-corrected chi connectivity index (χ3v) is 3.11. The molecular formula is C19H24N4O3. The van der Waals surface area contributed by atoms with Crippen LogP contribution in [0.2, 0.25) is 0 Å². The molecule has 7 nitrogen and oxygen atoms in total. The molecule has 0 spiro atoms. The number of carbonyl (C=O) groups excluding carboxylic acids is 2. The molecule has 0 atom stereocenters. The van der Waals surface area contributed by atoms with E-state index < -0.39 is 11.7 Å². The fraction of sp³-hybridized carbons (Fsp3) is 0.316. The molecule has 138 valence electrons. The summed E-state index contributed by atoms with van der Waals surface area (Å²) < 4.78 is 5.12. The van der Waals surface area contributed by atoms with Crippen molar-refractivity contribution in [2.75, 3.05) is 18.4 Å². The molecule has 1 aromatic heterocycles. The Morgan fingerprint density at radius 3 is 2.35 bits per heavy atom. The highest BCUT2D eigenvalue weighted by Gasteiger charge is 2.15. The van der Waals surface area contributed by atoms with E-state index in [1.54, 1.807) is 39.0 Å². The summed E-state index contributed by atoms with van der Waals surface area (Å²) in [4.78, 5) is 28.0. The van der Waals surface area contributed by atoms with Crippen LogP contribution in [0.15, 0.2) is 48.5 Å². The predicted octanol–water partition coefficient (Wildman–Crippen LogP) is 3.08. The second-order valence-corrected chi connectivity index (χ2v) is 6.58. The van der Waals surface area contributed by atoms with Crippen molar-refractivity contribution >= 4 is 23.5 Å². The van der Waals surface area contributed by atoms with E-state index in [-0.39, 0.29) is 19.0 Å². The molecule has 0 radical (unpaired) electrons. The van der Waals surface area contributed by atoms with E-state index >= 15 is 0 Å². The average Bonchev–Trinajstić information content (AvgIpc) is 2.58. The molecule has 0 saturated carbocycles. The molecule has 0 aliphatic carbocycles. The number of pyridine rings is 1. The van der Waals surface area contributed by atoms with Crippen LogP contribution in [0.1, 0.15) is 31.3 Å². The van der Waals surface area contributed by atoms with Gasteiger partial charge in [0.15, 0.2) is 0 Å². The summed E-state index contributed by atoms with van der Waals surface area (Å²) in [5, 5.41) is 8.43. The zero-order chi connectivity index (χ0) is 19.0. The second kappa shape index (κ2) is 8.84. The number of alkyl carbamates (subject to hydrolysis) is 1. The van der Waals surface area contributed by atoms with E-state index in [1.807, 2.05) is 30.3 Å². The van der Waals surface area contributed by atoms with Crippen LogP contribution in [0, 0.1) is 0 Å². The minimum absolute atomic E-state index is 0.266. The van der Waals surface area contributed by atoms with Gasteiger partial charge in [-0.05, 0) is 45.0 Å². The minimum Gasteiger partial charge on any atom is -0.444 e. The Hall–Kier alpha value is -3.09. The number of hydrogen-bond acceptors (Lipinski definition) is 5. The van der Waals surface area contributed by atoms with Crippen molar-refractivity contribution in [2.24, 2.45) is 0 Å². The predicted molar refractivity (Wildman–Crippen MR) is 101 cm³/mol. The van der Waals surface area contributed by atoms with Crippen molar-refractivity contribution in [3.63, 3.8) is 0 Å². The molecule has 2 aromatic rings. The molecule has 0 saturated heterocycles. The maximum Gasteiger partial charge on any atom is 0.407 e. The van der Waals surface area contributed by atoms with Crippen LogP contribution in [0.4, 0.5) is 16.3 Å². The van der Waals surface area contributed by atoms with Crippen LogP contribution in [0.25, 0.3) is 0 Å². The van der Waals surface area contributed by atoms with E-state index in [4.69, 9.17) is 4.74 Å². The highest BCUT2D eigenvalue weighted by Crippen LogP contribution is 2.13. The van der Waals surface area contributed by atoms with Crippen molar-refractivity contribution in [1.82, 2.24) is 15.6 Å². The monoisotopic (exact) mass is 356 g/mol. The van der Waals surface area contributed by atoms with Crippen LogP contribution in [0.5, 0.6) is 0 Å². The smallest absolute Gasteiger partial charge is 0.407 e. The number of ether oxygens (including phenoxy) is 1. The van der Waals surface area contributed by atoms with Crippen LogP contribution in [-0.2, 0) is 4.74 Å². The molecule has 0 aliphatic rings. The summed E-state index contributed by atoms with van der Waals surface area (Å²) >= 11 is 0. The Labute approximate surface area is 153 Å². The minimum atomic E-state index is -0.552. The van der Waals surface area contributed by atoms with Gasteiger partial charge in [0.25, 0.3) is 5.91 Å². The third-order valence-electron chi connectivity index (χ3n) is 3.11. The summed E-state index contributed by atoms with van der Waals surface area (Å²) in [6, 6.07) is 14.8. The highest BCUT2D eigenvalue weighted by molar-refractivity contribution is 5.92. The fourth-order valence-electron chi connectivity index (χ4n) is 2.05. The first-order valence-electron chi connectivity index (χ1n) is 8.38. The Morgan fingerprint density at radius 1 is 0.962 bits per heavy atom. The lowest BCUT2D eigenvalue weighted by Gasteiger charge is -2.19. The van der Waals surface area contributed by atoms with Crippen molar-refractivity contribution in [3.05, 3.63) is 54.2 Å². The SMILES string of the molecule is CC(C)(C)OC(=O)NCCNC(=O)c1cccc(Nc2ccccc2)n1. The van der Waals surface area contributed by atoms with E-state index in [2.05, 4.69) is 20.9 Å². The normalized spacial score (nSPS) is 10.7. The number of aromatic nitrogens is 1. The number of benzene rings is 1. The molecule has 0 fully saturated rings. The van der Waals surface area contributed by atoms with Gasteiger partial charge in [-0.15, -0.1) is 0 Å². The van der Waals surface area contributed by atoms with E-state index in [0.29, 0.717) is 11.5 Å². The van der Waals surface area contributed by atoms with Gasteiger partial charge < -0.3 is 20.7 Å². The summed E-state index contributed by atoms with van der Waals surface area (Å²) in [5.41, 5.74) is 0.631. The number of nitrogens with zero attached hydrogens (tertiary/aromatic N) is 1. The number of nitrogens with one attached hydrogen (secondary N) is 3. The van der Waals surface area contributed by atoms with Gasteiger partial charge in [0, 0.05) is 18.8 Å². The van der Waals surface area contributed by atoms with Gasteiger partial charge in [-0.2, -0.15) is 0 Å². The Bertz CT molecular complexity index is 742. The largest absolute Gasteiger partial charge is 0.444 e. The first kappa shape index (κ1) is 19.2. The lowest BCUT2D eigenvalue weighted by atomic mass is 10.2. The molecule has 1 heterocycles. The summed E-state index contributed by atoms with van der Waals surface area (Å²) in [6.07, 6.45) is -0.515. The van der Waals surface area contributed by atoms with Crippen LogP contribution >= 0.6 is 0 Å². The lowest BCUT2D eigenvalue weighted by molar-refractivity contribution is 0.0526. The molecule has 0 aliphatic heterocycles. The van der Waals surface area contributed by atoms with E-state index in [1.165, 1.54) is 0 Å². The van der Waals surface area contributed by atoms with Crippen LogP contribution in [-0.4, -0.2) is 35.7 Å². The molecule has 0 unspecified atom stereocenters. The number of amides is 2. The van der Waals surface area contributed by atoms with Gasteiger partial charge >= 0.3 is 6.09 Å². The molecule has 26 heavy (non-hydrogen) atoms. The summed E-state index contributed by atoms with van der Waals surface area (Å²) in [7, 11) is 0. The second-order valence-electron chi connectivity index (χ2n) is 6.58. The first-order valence-corrected chi connectivity index (χ1v) is 8.38. The molecule has 1 aromatic carbocycles. The molecule has 0 bridgehead atoms. The zero-order valence-electron chi connectivity index (χ0n) is 15.2. The molecule has 2 rings (SSSR count).